The van der Waals surface area contributed by atoms with E-state index in [0.29, 0.717) is 0 Å². The van der Waals surface area contributed by atoms with Crippen LogP contribution in [0.25, 0.3) is 22.2 Å². The molecule has 4 aromatic rings. The van der Waals surface area contributed by atoms with Crippen molar-refractivity contribution in [3.8, 4) is 11.3 Å². The normalized spacial score (nSPS) is 10.8. The Balaban J connectivity index is 1.85. The number of nitrogens with one attached hydrogen (secondary N) is 1. The van der Waals surface area contributed by atoms with E-state index in [4.69, 9.17) is 4.98 Å². The number of aryl methyl sites for hydroxylation is 2. The highest BCUT2D eigenvalue weighted by atomic mass is 14.9. The van der Waals surface area contributed by atoms with Crippen LogP contribution < -0.4 is 5.32 Å². The van der Waals surface area contributed by atoms with Crippen LogP contribution in [-0.2, 0) is 0 Å². The van der Waals surface area contributed by atoms with Crippen LogP contribution in [0.15, 0.2) is 78.9 Å². The van der Waals surface area contributed by atoms with E-state index >= 15 is 0 Å². The molecule has 0 spiro atoms. The lowest BCUT2D eigenvalue weighted by molar-refractivity contribution is 1.37. The molecule has 0 radical (unpaired) electrons. The molecule has 3 aromatic carbocycles. The summed E-state index contributed by atoms with van der Waals surface area (Å²) in [6.07, 6.45) is 0. The van der Waals surface area contributed by atoms with Gasteiger partial charge in [-0.15, -0.1) is 0 Å². The highest BCUT2D eigenvalue weighted by Gasteiger charge is 2.08. The number of hydrogen-bond acceptors (Lipinski definition) is 2. The molecule has 122 valence electrons. The number of benzene rings is 3. The van der Waals surface area contributed by atoms with Gasteiger partial charge in [0.25, 0.3) is 0 Å². The van der Waals surface area contributed by atoms with E-state index in [1.807, 2.05) is 6.07 Å². The summed E-state index contributed by atoms with van der Waals surface area (Å²) in [5, 5.41) is 4.68. The molecule has 2 heteroatoms. The summed E-state index contributed by atoms with van der Waals surface area (Å²) >= 11 is 0. The molecule has 0 aliphatic carbocycles. The van der Waals surface area contributed by atoms with Crippen molar-refractivity contribution in [2.75, 3.05) is 5.32 Å². The quantitative estimate of drug-likeness (QED) is 0.481. The van der Waals surface area contributed by atoms with Crippen molar-refractivity contribution < 1.29 is 0 Å². The summed E-state index contributed by atoms with van der Waals surface area (Å²) in [5.74, 6) is 0. The number of para-hydroxylation sites is 1. The number of rotatable bonds is 3. The summed E-state index contributed by atoms with van der Waals surface area (Å²) < 4.78 is 0. The predicted octanol–water partition coefficient (Wildman–Crippen LogP) is 6.26. The van der Waals surface area contributed by atoms with E-state index in [9.17, 15) is 0 Å². The third-order valence-electron chi connectivity index (χ3n) is 4.36. The largest absolute Gasteiger partial charge is 0.355 e. The number of fused-ring (bicyclic) bond motifs is 1. The summed E-state index contributed by atoms with van der Waals surface area (Å²) in [6.45, 7) is 4.21. The van der Waals surface area contributed by atoms with Gasteiger partial charge in [0, 0.05) is 16.6 Å². The van der Waals surface area contributed by atoms with Gasteiger partial charge in [-0.3, -0.25) is 0 Å². The number of hydrogen-bond donors (Lipinski definition) is 1. The minimum atomic E-state index is 0.983. The molecule has 0 unspecified atom stereocenters. The number of pyridine rings is 1. The first kappa shape index (κ1) is 15.4. The Morgan fingerprint density at radius 1 is 0.720 bits per heavy atom. The minimum Gasteiger partial charge on any atom is -0.355 e. The van der Waals surface area contributed by atoms with Crippen molar-refractivity contribution in [2.45, 2.75) is 13.8 Å². The van der Waals surface area contributed by atoms with Crippen LogP contribution in [-0.4, -0.2) is 4.98 Å². The monoisotopic (exact) mass is 324 g/mol. The van der Waals surface area contributed by atoms with Crippen molar-refractivity contribution in [2.24, 2.45) is 0 Å². The third kappa shape index (κ3) is 3.24. The summed E-state index contributed by atoms with van der Waals surface area (Å²) in [5.41, 5.74) is 7.76. The molecule has 1 aromatic heterocycles. The molecule has 2 nitrogen and oxygen atoms in total. The fourth-order valence-corrected chi connectivity index (χ4v) is 3.02. The number of aromatic nitrogens is 1. The van der Waals surface area contributed by atoms with Gasteiger partial charge in [0.2, 0.25) is 0 Å². The molecule has 0 aliphatic rings. The molecular weight excluding hydrogens is 304 g/mol. The van der Waals surface area contributed by atoms with Crippen LogP contribution in [0.3, 0.4) is 0 Å². The topological polar surface area (TPSA) is 24.9 Å². The number of anilines is 2. The highest BCUT2D eigenvalue weighted by Crippen LogP contribution is 2.30. The lowest BCUT2D eigenvalue weighted by atomic mass is 10.1. The molecule has 0 amide bonds. The van der Waals surface area contributed by atoms with Gasteiger partial charge in [0.1, 0.15) is 0 Å². The van der Waals surface area contributed by atoms with Crippen LogP contribution in [0, 0.1) is 13.8 Å². The third-order valence-corrected chi connectivity index (χ3v) is 4.36. The van der Waals surface area contributed by atoms with Crippen molar-refractivity contribution in [3.05, 3.63) is 90.0 Å². The minimum absolute atomic E-state index is 0.983. The second-order valence-corrected chi connectivity index (χ2v) is 6.43. The van der Waals surface area contributed by atoms with E-state index in [-0.39, 0.29) is 0 Å². The first-order chi connectivity index (χ1) is 12.2. The molecule has 1 heterocycles. The fourth-order valence-electron chi connectivity index (χ4n) is 3.02. The van der Waals surface area contributed by atoms with Gasteiger partial charge >= 0.3 is 0 Å². The zero-order valence-corrected chi connectivity index (χ0v) is 14.5. The Labute approximate surface area is 148 Å². The van der Waals surface area contributed by atoms with E-state index in [1.54, 1.807) is 0 Å². The maximum atomic E-state index is 4.86. The van der Waals surface area contributed by atoms with E-state index < -0.39 is 0 Å². The maximum absolute atomic E-state index is 4.86. The molecular formula is C23H20N2. The van der Waals surface area contributed by atoms with Crippen LogP contribution >= 0.6 is 0 Å². The molecule has 0 atom stereocenters. The second kappa shape index (κ2) is 6.40. The van der Waals surface area contributed by atoms with Gasteiger partial charge in [-0.2, -0.15) is 0 Å². The first-order valence-corrected chi connectivity index (χ1v) is 8.49. The van der Waals surface area contributed by atoms with Gasteiger partial charge in [-0.05, 0) is 44.2 Å². The average molecular weight is 324 g/mol. The maximum Gasteiger partial charge on any atom is 0.0730 e. The SMILES string of the molecule is Cc1ccc(Nc2cc(-c3cccc(C)c3)nc3ccccc23)cc1. The van der Waals surface area contributed by atoms with Crippen molar-refractivity contribution in [3.63, 3.8) is 0 Å². The average Bonchev–Trinajstić information content (AvgIpc) is 2.63. The van der Waals surface area contributed by atoms with Gasteiger partial charge in [-0.1, -0.05) is 59.7 Å². The first-order valence-electron chi connectivity index (χ1n) is 8.49. The van der Waals surface area contributed by atoms with Crippen LogP contribution in [0.1, 0.15) is 11.1 Å². The summed E-state index contributed by atoms with van der Waals surface area (Å²) in [4.78, 5) is 4.86. The summed E-state index contributed by atoms with van der Waals surface area (Å²) in [7, 11) is 0. The van der Waals surface area contributed by atoms with Crippen LogP contribution in [0.2, 0.25) is 0 Å². The Bertz CT molecular complexity index is 1030. The van der Waals surface area contributed by atoms with Crippen LogP contribution in [0.4, 0.5) is 11.4 Å². The van der Waals surface area contributed by atoms with E-state index in [1.165, 1.54) is 11.1 Å². The lowest BCUT2D eigenvalue weighted by Crippen LogP contribution is -1.95. The van der Waals surface area contributed by atoms with Gasteiger partial charge in [0.05, 0.1) is 16.9 Å². The molecule has 0 bridgehead atoms. The second-order valence-electron chi connectivity index (χ2n) is 6.43. The smallest absolute Gasteiger partial charge is 0.0730 e. The fraction of sp³-hybridized carbons (Fsp3) is 0.0870. The molecule has 0 saturated heterocycles. The molecule has 1 N–H and O–H groups in total. The van der Waals surface area contributed by atoms with Crippen molar-refractivity contribution in [1.82, 2.24) is 4.98 Å². The van der Waals surface area contributed by atoms with Gasteiger partial charge in [0.15, 0.2) is 0 Å². The van der Waals surface area contributed by atoms with Crippen molar-refractivity contribution >= 4 is 22.3 Å². The Morgan fingerprint density at radius 2 is 1.52 bits per heavy atom. The highest BCUT2D eigenvalue weighted by molar-refractivity contribution is 5.95. The predicted molar refractivity (Wildman–Crippen MR) is 106 cm³/mol. The van der Waals surface area contributed by atoms with E-state index in [0.717, 1.165) is 33.5 Å². The molecule has 4 rings (SSSR count). The standard InChI is InChI=1S/C23H20N2/c1-16-10-12-19(13-11-16)24-23-15-22(18-7-5-6-17(2)14-18)25-21-9-4-3-8-20(21)23/h3-15H,1-2H3,(H,24,25). The zero-order chi connectivity index (χ0) is 17.2. The molecule has 25 heavy (non-hydrogen) atoms. The Hall–Kier alpha value is -3.13. The molecule has 0 saturated carbocycles. The summed E-state index contributed by atoms with van der Waals surface area (Å²) in [6, 6.07) is 27.3. The zero-order valence-electron chi connectivity index (χ0n) is 14.5. The molecule has 0 fully saturated rings. The lowest BCUT2D eigenvalue weighted by Gasteiger charge is -2.13. The van der Waals surface area contributed by atoms with Gasteiger partial charge < -0.3 is 5.32 Å². The van der Waals surface area contributed by atoms with Crippen LogP contribution in [0.5, 0.6) is 0 Å². The van der Waals surface area contributed by atoms with Crippen molar-refractivity contribution in [1.29, 1.82) is 0 Å². The Morgan fingerprint density at radius 3 is 2.32 bits per heavy atom. The van der Waals surface area contributed by atoms with E-state index in [2.05, 4.69) is 92.0 Å². The number of nitrogens with zero attached hydrogens (tertiary/aromatic N) is 1. The van der Waals surface area contributed by atoms with Gasteiger partial charge in [-0.25, -0.2) is 4.98 Å². The molecule has 0 aliphatic heterocycles. The Kier molecular flexibility index (Phi) is 3.95.